The molecular weight excluding hydrogens is 1820 g/mol. The van der Waals surface area contributed by atoms with Gasteiger partial charge in [0.2, 0.25) is 34.7 Å². The molecule has 5 fully saturated rings. The van der Waals surface area contributed by atoms with Gasteiger partial charge in [0, 0.05) is 83.5 Å². The number of carbonyl (C=O) groups is 7. The fraction of sp³-hybridized carbons (Fsp3) is 0.439. The maximum Gasteiger partial charge on any atom is 0.450 e. The molecule has 4 amide bonds. The number of aromatic nitrogens is 15. The molecule has 6 aliphatic rings. The highest BCUT2D eigenvalue weighted by Gasteiger charge is 2.62. The standard InChI is InChI=1S/C20H21F3N6O2.C20H19F3N6O.C11H14BrN3O.C11H17N5O.C9H6F3NO2.C7H11ClO.C4H4BrN3/c21-20(22,23)19(31)9-15(14-7-4-8-24-10-14)28-29(19)17-12-25-16(11-26-17)27-18(30)13-5-2-1-3-6-13;21-20(22,23)16-9-15(14-7-4-8-24-10-14)28-29(16)18-12-25-17(11-26-18)27-19(30)13-5-2-1-3-6-13;12-9-6-14-10(7-13-9)15-11(16)8-4-2-1-3-5-8;12-16-10-7-13-9(6-14-10)15-11(17)8-4-2-1-3-5-8;10-9(11,12)8(15)4-7(14)6-2-1-3-13-5-6;8-7(9)6-4-2-1-3-5-6;5-3-1-8-4(6)2-7-3/h4,7-8,10-13,31H,1-3,5-6,9H2,(H,25,27,30);4,7-13H,1-3,5-6H2,(H,25,27,30);6-8H,1-5H2,(H,14,15,16);6-8H,1-5,12H2,(H,14,16)(H,13,15,17);1-3,5H,4H2;6H,1-5H2;1-2H,(H2,6,8). The largest absolute Gasteiger partial charge is 0.450 e. The number of hydrogen-bond acceptors (Lipinski definition) is 27. The van der Waals surface area contributed by atoms with Crippen LogP contribution in [-0.2, 0) is 34.9 Å². The van der Waals surface area contributed by atoms with E-state index in [4.69, 9.17) is 23.2 Å². The Kier molecular flexibility index (Phi) is 37.7. The number of hydrogen-bond donors (Lipinski definition) is 8. The lowest BCUT2D eigenvalue weighted by Crippen LogP contribution is -2.55. The Labute approximate surface area is 739 Å². The summed E-state index contributed by atoms with van der Waals surface area (Å²) in [6.45, 7) is 0. The molecule has 0 bridgehead atoms. The molecule has 1 aliphatic heterocycles. The molecule has 10 N–H and O–H groups in total. The average molecular weight is 1910 g/mol. The van der Waals surface area contributed by atoms with E-state index in [0.717, 1.165) is 159 Å². The molecule has 9 aromatic rings. The zero-order valence-corrected chi connectivity index (χ0v) is 71.8. The summed E-state index contributed by atoms with van der Waals surface area (Å²) in [6.07, 6.45) is 31.7. The van der Waals surface area contributed by atoms with Gasteiger partial charge in [-0.15, -0.1) is 0 Å². The van der Waals surface area contributed by atoms with Crippen molar-refractivity contribution in [2.45, 2.75) is 198 Å². The highest BCUT2D eigenvalue weighted by Crippen LogP contribution is 2.44. The van der Waals surface area contributed by atoms with Crippen molar-refractivity contribution < 1.29 is 78.2 Å². The van der Waals surface area contributed by atoms with Crippen LogP contribution in [0.3, 0.4) is 0 Å². The van der Waals surface area contributed by atoms with Crippen molar-refractivity contribution >= 4 is 130 Å². The summed E-state index contributed by atoms with van der Waals surface area (Å²) < 4.78 is 119. The number of halogens is 12. The van der Waals surface area contributed by atoms with E-state index in [0.29, 0.717) is 53.3 Å². The van der Waals surface area contributed by atoms with Crippen molar-refractivity contribution in [3.8, 4) is 17.1 Å². The maximum atomic E-state index is 13.7. The number of ketones is 2. The van der Waals surface area contributed by atoms with Gasteiger partial charge in [0.15, 0.2) is 52.2 Å². The fourth-order valence-corrected chi connectivity index (χ4v) is 14.5. The molecule has 10 heterocycles. The van der Waals surface area contributed by atoms with Crippen LogP contribution in [0.15, 0.2) is 156 Å². The van der Waals surface area contributed by atoms with Gasteiger partial charge in [-0.2, -0.15) is 49.7 Å². The molecule has 15 rings (SSSR count). The molecule has 1 atom stereocenters. The first-order chi connectivity index (χ1) is 60.2. The first-order valence-electron chi connectivity index (χ1n) is 40.5. The summed E-state index contributed by atoms with van der Waals surface area (Å²) in [6, 6.07) is 10.0. The maximum absolute atomic E-state index is 13.7. The third kappa shape index (κ3) is 31.0. The van der Waals surface area contributed by atoms with E-state index in [2.05, 4.69) is 134 Å². The van der Waals surface area contributed by atoms with Crippen LogP contribution in [0.4, 0.5) is 80.2 Å². The van der Waals surface area contributed by atoms with Crippen molar-refractivity contribution in [1.82, 2.24) is 74.6 Å². The van der Waals surface area contributed by atoms with Crippen LogP contribution in [0, 0.1) is 29.6 Å². The Morgan fingerprint density at radius 1 is 0.468 bits per heavy atom. The molecule has 1 unspecified atom stereocenters. The zero-order valence-electron chi connectivity index (χ0n) is 67.9. The van der Waals surface area contributed by atoms with Crippen LogP contribution in [0.5, 0.6) is 0 Å². The molecular formula is C82H92Br2ClF9N24O8. The zero-order chi connectivity index (χ0) is 90.8. The van der Waals surface area contributed by atoms with Gasteiger partial charge in [-0.05, 0) is 144 Å². The smallest absolute Gasteiger partial charge is 0.382 e. The van der Waals surface area contributed by atoms with Crippen LogP contribution in [0.1, 0.15) is 195 Å². The van der Waals surface area contributed by atoms with Gasteiger partial charge < -0.3 is 37.5 Å². The Morgan fingerprint density at radius 2 is 0.857 bits per heavy atom. The van der Waals surface area contributed by atoms with E-state index < -0.39 is 54.4 Å². The second kappa shape index (κ2) is 48.3. The number of amides is 4. The van der Waals surface area contributed by atoms with Crippen LogP contribution >= 0.6 is 43.5 Å². The molecule has 9 aromatic heterocycles. The predicted molar refractivity (Wildman–Crippen MR) is 455 cm³/mol. The average Bonchev–Trinajstić information content (AvgIpc) is 1.60. The Bertz CT molecular complexity index is 4960. The lowest BCUT2D eigenvalue weighted by Gasteiger charge is -2.33. The number of anilines is 7. The molecule has 126 heavy (non-hydrogen) atoms. The van der Waals surface area contributed by atoms with Crippen LogP contribution < -0.4 is 43.3 Å². The van der Waals surface area contributed by atoms with Gasteiger partial charge >= 0.3 is 18.5 Å². The van der Waals surface area contributed by atoms with Crippen molar-refractivity contribution in [2.75, 3.05) is 37.4 Å². The Balaban J connectivity index is 0.000000174. The Morgan fingerprint density at radius 3 is 1.20 bits per heavy atom. The summed E-state index contributed by atoms with van der Waals surface area (Å²) in [7, 11) is 0. The second-order valence-electron chi connectivity index (χ2n) is 29.8. The van der Waals surface area contributed by atoms with Gasteiger partial charge in [0.1, 0.15) is 15.0 Å². The minimum atomic E-state index is -5.00. The Hall–Kier alpha value is -11.4. The van der Waals surface area contributed by atoms with E-state index in [9.17, 15) is 78.2 Å². The van der Waals surface area contributed by atoms with Gasteiger partial charge in [0.25, 0.3) is 5.72 Å². The van der Waals surface area contributed by atoms with Gasteiger partial charge in [-0.1, -0.05) is 102 Å². The molecule has 5 saturated carbocycles. The summed E-state index contributed by atoms with van der Waals surface area (Å²) in [5.41, 5.74) is 4.30. The molecule has 0 spiro atoms. The van der Waals surface area contributed by atoms with E-state index in [1.165, 1.54) is 100 Å². The van der Waals surface area contributed by atoms with Crippen molar-refractivity contribution in [1.29, 1.82) is 0 Å². The van der Waals surface area contributed by atoms with Crippen LogP contribution in [0.25, 0.3) is 17.1 Å². The molecule has 0 radical (unpaired) electrons. The third-order valence-corrected chi connectivity index (χ3v) is 21.7. The normalized spacial score (nSPS) is 17.0. The third-order valence-electron chi connectivity index (χ3n) is 20.6. The number of pyridine rings is 3. The lowest BCUT2D eigenvalue weighted by molar-refractivity contribution is -0.254. The number of nitrogens with two attached hydrogens (primary N) is 2. The van der Waals surface area contributed by atoms with Crippen molar-refractivity contribution in [2.24, 2.45) is 40.5 Å². The topological polar surface area (TPSA) is 453 Å². The van der Waals surface area contributed by atoms with Crippen LogP contribution in [0.2, 0.25) is 0 Å². The monoisotopic (exact) mass is 1900 g/mol. The van der Waals surface area contributed by atoms with Gasteiger partial charge in [-0.25, -0.2) is 65.4 Å². The quantitative estimate of drug-likeness (QED) is 0.0105. The number of aliphatic hydroxyl groups is 1. The molecule has 0 saturated heterocycles. The SMILES string of the molecule is NNc1cnc(NC(=O)C2CCCCC2)cn1.Nc1cnc(Br)cn1.O=C(CC(=O)C(F)(F)F)c1cccnc1.O=C(Cl)C1CCCCC1.O=C(Nc1cnc(-n2nc(-c3cccnc3)cc2C(F)(F)F)cn1)C1CCCCC1.O=C(Nc1cnc(Br)cn1)C1CCCCC1.O=C(Nc1cnc(N2N=C(c3cccnc3)CC2(O)C(F)(F)F)cn1)C1CCCCC1. The van der Waals surface area contributed by atoms with Crippen LogP contribution in [-0.4, -0.2) is 144 Å². The number of Topliss-reactive ketones (excluding diaryl/α,β-unsaturated/α-hetero) is 2. The minimum absolute atomic E-state index is 0.00454. The van der Waals surface area contributed by atoms with E-state index >= 15 is 0 Å². The van der Waals surface area contributed by atoms with Crippen molar-refractivity contribution in [3.63, 3.8) is 0 Å². The number of carbonyl (C=O) groups excluding carboxylic acids is 7. The first kappa shape index (κ1) is 98.4. The molecule has 0 aromatic carbocycles. The number of nitrogens with one attached hydrogen (secondary N) is 5. The number of nitrogens with zero attached hydrogens (tertiary/aromatic N) is 17. The van der Waals surface area contributed by atoms with E-state index in [-0.39, 0.29) is 98.7 Å². The number of nitrogen functional groups attached to an aromatic ring is 2. The highest BCUT2D eigenvalue weighted by atomic mass is 79.9. The number of hydrazine groups is 1. The summed E-state index contributed by atoms with van der Waals surface area (Å²) in [4.78, 5) is 132. The molecule has 672 valence electrons. The fourth-order valence-electron chi connectivity index (χ4n) is 13.8. The van der Waals surface area contributed by atoms with Crippen molar-refractivity contribution in [3.05, 3.63) is 168 Å². The number of rotatable bonds is 17. The molecule has 32 nitrogen and oxygen atoms in total. The van der Waals surface area contributed by atoms with E-state index in [1.54, 1.807) is 42.9 Å². The predicted octanol–water partition coefficient (Wildman–Crippen LogP) is 16.5. The second-order valence-corrected chi connectivity index (χ2v) is 31.8. The van der Waals surface area contributed by atoms with Gasteiger partial charge in [0.05, 0.1) is 86.2 Å². The summed E-state index contributed by atoms with van der Waals surface area (Å²) >= 11 is 11.6. The highest BCUT2D eigenvalue weighted by molar-refractivity contribution is 9.10. The number of alkyl halides is 9. The first-order valence-corrected chi connectivity index (χ1v) is 42.5. The number of hydrazone groups is 1. The minimum Gasteiger partial charge on any atom is -0.382 e. The van der Waals surface area contributed by atoms with Gasteiger partial charge in [-0.3, -0.25) is 48.5 Å². The summed E-state index contributed by atoms with van der Waals surface area (Å²) in [5, 5.41) is 29.7. The lowest BCUT2D eigenvalue weighted by atomic mass is 9.89. The molecule has 5 aliphatic carbocycles. The van der Waals surface area contributed by atoms with E-state index in [1.807, 2.05) is 0 Å². The molecule has 44 heteroatoms. The summed E-state index contributed by atoms with van der Waals surface area (Å²) in [5.74, 6) is 4.20.